The van der Waals surface area contributed by atoms with Crippen LogP contribution in [0.2, 0.25) is 0 Å². The second kappa shape index (κ2) is 3.35. The molecule has 0 aromatic heterocycles. The first-order chi connectivity index (χ1) is 4.39. The van der Waals surface area contributed by atoms with E-state index in [0.717, 1.165) is 22.6 Å². The molecule has 0 rings (SSSR count). The Morgan fingerprint density at radius 1 is 1.50 bits per heavy atom. The summed E-state index contributed by atoms with van der Waals surface area (Å²) in [5.41, 5.74) is 0. The van der Waals surface area contributed by atoms with Crippen LogP contribution in [0.5, 0.6) is 0 Å². The molecule has 60 valence electrons. The molecule has 0 aromatic carbocycles. The van der Waals surface area contributed by atoms with E-state index in [4.69, 9.17) is 0 Å². The van der Waals surface area contributed by atoms with E-state index in [2.05, 4.69) is 4.94 Å². The molecular weight excluding hydrogens is 271 g/mol. The van der Waals surface area contributed by atoms with E-state index in [1.807, 2.05) is 0 Å². The van der Waals surface area contributed by atoms with Crippen molar-refractivity contribution < 1.29 is 27.4 Å². The summed E-state index contributed by atoms with van der Waals surface area (Å²) in [6.45, 7) is 0. The summed E-state index contributed by atoms with van der Waals surface area (Å²) in [5.74, 6) is -1.94. The van der Waals surface area contributed by atoms with Gasteiger partial charge in [-0.15, -0.1) is 0 Å². The van der Waals surface area contributed by atoms with Gasteiger partial charge in [-0.05, 0) is 0 Å². The smallest absolute Gasteiger partial charge is 0.253 e. The Bertz CT molecular complexity index is 133. The zero-order chi connectivity index (χ0) is 8.36. The molecule has 0 aliphatic carbocycles. The summed E-state index contributed by atoms with van der Waals surface area (Å²) >= 11 is 0.735. The van der Waals surface area contributed by atoms with Crippen molar-refractivity contribution in [3.8, 4) is 0 Å². The number of carbonyl (C=O) groups excluding carboxylic acids is 1. The van der Waals surface area contributed by atoms with E-state index in [1.54, 1.807) is 0 Å². The molecule has 0 fully saturated rings. The van der Waals surface area contributed by atoms with Crippen LogP contribution in [0, 0.1) is 0 Å². The molecule has 0 saturated carbocycles. The van der Waals surface area contributed by atoms with Gasteiger partial charge in [-0.25, -0.2) is 4.79 Å². The van der Waals surface area contributed by atoms with Crippen LogP contribution in [0.4, 0.5) is 17.7 Å². The molecular formula is C3HF4IO2. The molecule has 0 heterocycles. The Hall–Kier alpha value is -0.0800. The minimum atomic E-state index is -4.75. The highest BCUT2D eigenvalue weighted by Crippen LogP contribution is 2.27. The van der Waals surface area contributed by atoms with Gasteiger partial charge >= 0.3 is 12.1 Å². The molecule has 0 aliphatic heterocycles. The summed E-state index contributed by atoms with van der Waals surface area (Å²) in [4.78, 5) is 12.2. The molecule has 0 spiro atoms. The lowest BCUT2D eigenvalue weighted by Crippen LogP contribution is -2.31. The van der Waals surface area contributed by atoms with Gasteiger partial charge in [-0.3, -0.25) is 4.94 Å². The minimum absolute atomic E-state index is 0.735. The number of halogens is 5. The van der Waals surface area contributed by atoms with Crippen molar-refractivity contribution in [1.29, 1.82) is 0 Å². The molecule has 7 heteroatoms. The SMILES string of the molecule is O=C(OF)C(I)C(F)(F)F. The molecule has 0 aliphatic rings. The molecule has 0 saturated heterocycles. The van der Waals surface area contributed by atoms with E-state index in [1.165, 1.54) is 0 Å². The lowest BCUT2D eigenvalue weighted by atomic mass is 10.4. The van der Waals surface area contributed by atoms with Crippen molar-refractivity contribution in [2.75, 3.05) is 0 Å². The number of hydrogen-bond donors (Lipinski definition) is 0. The molecule has 0 N–H and O–H groups in total. The number of hydrogen-bond acceptors (Lipinski definition) is 2. The Kier molecular flexibility index (Phi) is 3.33. The van der Waals surface area contributed by atoms with E-state index < -0.39 is 16.1 Å². The van der Waals surface area contributed by atoms with Crippen LogP contribution in [0.25, 0.3) is 0 Å². The summed E-state index contributed by atoms with van der Waals surface area (Å²) in [6, 6.07) is 0. The van der Waals surface area contributed by atoms with Gasteiger partial charge < -0.3 is 0 Å². The topological polar surface area (TPSA) is 26.3 Å². The fourth-order valence-corrected chi connectivity index (χ4v) is 0.269. The number of carbonyl (C=O) groups is 1. The molecule has 0 radical (unpaired) electrons. The minimum Gasteiger partial charge on any atom is -0.253 e. The highest BCUT2D eigenvalue weighted by Gasteiger charge is 2.44. The fourth-order valence-electron chi connectivity index (χ4n) is 0.173. The van der Waals surface area contributed by atoms with Gasteiger partial charge in [0.15, 0.2) is 0 Å². The maximum atomic E-state index is 11.4. The maximum Gasteiger partial charge on any atom is 0.411 e. The first-order valence-electron chi connectivity index (χ1n) is 1.93. The third kappa shape index (κ3) is 2.67. The Labute approximate surface area is 66.6 Å². The van der Waals surface area contributed by atoms with Crippen LogP contribution in [-0.2, 0) is 9.74 Å². The average Bonchev–Trinajstić information content (AvgIpc) is 1.83. The number of rotatable bonds is 1. The summed E-state index contributed by atoms with van der Waals surface area (Å²) in [5, 5.41) is 0. The highest BCUT2D eigenvalue weighted by molar-refractivity contribution is 14.1. The standard InChI is InChI=1S/C3HF4IO2/c4-3(5,6)1(8)2(9)10-7/h1H. The van der Waals surface area contributed by atoms with Gasteiger partial charge in [-0.1, -0.05) is 22.6 Å². The number of alkyl halides is 4. The van der Waals surface area contributed by atoms with Gasteiger partial charge in [0, 0.05) is 4.53 Å². The van der Waals surface area contributed by atoms with E-state index in [-0.39, 0.29) is 0 Å². The summed E-state index contributed by atoms with van der Waals surface area (Å²) < 4.78 is 42.6. The first kappa shape index (κ1) is 9.92. The monoisotopic (exact) mass is 272 g/mol. The quantitative estimate of drug-likeness (QED) is 0.413. The van der Waals surface area contributed by atoms with Crippen LogP contribution < -0.4 is 0 Å². The zero-order valence-corrected chi connectivity index (χ0v) is 6.44. The van der Waals surface area contributed by atoms with Gasteiger partial charge in [0.05, 0.1) is 0 Å². The molecule has 2 nitrogen and oxygen atoms in total. The fraction of sp³-hybridized carbons (Fsp3) is 0.667. The van der Waals surface area contributed by atoms with Crippen molar-refractivity contribution in [1.82, 2.24) is 0 Å². The predicted octanol–water partition coefficient (Wildman–Crippen LogP) is 1.78. The molecule has 1 unspecified atom stereocenters. The van der Waals surface area contributed by atoms with Gasteiger partial charge in [0.2, 0.25) is 3.92 Å². The average molecular weight is 272 g/mol. The zero-order valence-electron chi connectivity index (χ0n) is 4.28. The second-order valence-electron chi connectivity index (χ2n) is 1.30. The largest absolute Gasteiger partial charge is 0.411 e. The van der Waals surface area contributed by atoms with Gasteiger partial charge in [0.1, 0.15) is 0 Å². The second-order valence-corrected chi connectivity index (χ2v) is 2.55. The van der Waals surface area contributed by atoms with Crippen LogP contribution in [0.3, 0.4) is 0 Å². The molecule has 1 atom stereocenters. The van der Waals surface area contributed by atoms with E-state index in [0.29, 0.717) is 0 Å². The van der Waals surface area contributed by atoms with Gasteiger partial charge in [-0.2, -0.15) is 13.2 Å². The third-order valence-corrected chi connectivity index (χ3v) is 1.79. The molecule has 10 heavy (non-hydrogen) atoms. The van der Waals surface area contributed by atoms with Gasteiger partial charge in [0.25, 0.3) is 0 Å². The maximum absolute atomic E-state index is 11.4. The Morgan fingerprint density at radius 3 is 2.00 bits per heavy atom. The van der Waals surface area contributed by atoms with Crippen LogP contribution >= 0.6 is 22.6 Å². The third-order valence-electron chi connectivity index (χ3n) is 0.570. The van der Waals surface area contributed by atoms with Crippen LogP contribution in [-0.4, -0.2) is 16.1 Å². The van der Waals surface area contributed by atoms with Crippen LogP contribution in [0.1, 0.15) is 0 Å². The normalized spacial score (nSPS) is 14.5. The van der Waals surface area contributed by atoms with Crippen molar-refractivity contribution in [3.63, 3.8) is 0 Å². The predicted molar refractivity (Wildman–Crippen MR) is 31.1 cm³/mol. The Balaban J connectivity index is 4.08. The lowest BCUT2D eigenvalue weighted by molar-refractivity contribution is -0.198. The van der Waals surface area contributed by atoms with Crippen LogP contribution in [0.15, 0.2) is 0 Å². The highest BCUT2D eigenvalue weighted by atomic mass is 127. The van der Waals surface area contributed by atoms with Crippen molar-refractivity contribution in [3.05, 3.63) is 0 Å². The van der Waals surface area contributed by atoms with Crippen molar-refractivity contribution in [2.24, 2.45) is 0 Å². The molecule has 0 amide bonds. The molecule has 0 aromatic rings. The summed E-state index contributed by atoms with van der Waals surface area (Å²) in [7, 11) is 0. The van der Waals surface area contributed by atoms with Crippen molar-refractivity contribution in [2.45, 2.75) is 10.1 Å². The van der Waals surface area contributed by atoms with E-state index >= 15 is 0 Å². The molecule has 0 bridgehead atoms. The Morgan fingerprint density at radius 2 is 1.90 bits per heavy atom. The first-order valence-corrected chi connectivity index (χ1v) is 3.17. The van der Waals surface area contributed by atoms with Crippen molar-refractivity contribution >= 4 is 28.6 Å². The lowest BCUT2D eigenvalue weighted by Gasteiger charge is -2.08. The summed E-state index contributed by atoms with van der Waals surface area (Å²) in [6.07, 6.45) is -4.75. The van der Waals surface area contributed by atoms with E-state index in [9.17, 15) is 22.5 Å².